The smallest absolute Gasteiger partial charge is 0.342 e. The molecular weight excluding hydrogens is 514 g/mol. The molecule has 0 spiro atoms. The summed E-state index contributed by atoms with van der Waals surface area (Å²) in [5.74, 6) is 0.445. The summed E-state index contributed by atoms with van der Waals surface area (Å²) in [4.78, 5) is 12.4. The van der Waals surface area contributed by atoms with Gasteiger partial charge in [-0.05, 0) is 67.6 Å². The fourth-order valence-electron chi connectivity index (χ4n) is 3.19. The number of thioether (sulfide) groups is 1. The first-order valence-corrected chi connectivity index (χ1v) is 12.2. The average Bonchev–Trinajstić information content (AvgIpc) is 3.25. The van der Waals surface area contributed by atoms with Gasteiger partial charge in [0.05, 0.1) is 22.6 Å². The van der Waals surface area contributed by atoms with Crippen LogP contribution in [0.4, 0.5) is 0 Å². The quantitative estimate of drug-likeness (QED) is 0.161. The Bertz CT molecular complexity index is 1330. The fourth-order valence-corrected chi connectivity index (χ4v) is 4.33. The summed E-state index contributed by atoms with van der Waals surface area (Å²) in [7, 11) is 0. The number of H-pyrrole nitrogens is 1. The SMILES string of the molecule is Cc1ccc(-c2[nH]nc(SCC(=O)NN=Cc3cc(Br)ccc3[O-])[n+]2-c2ccc(C)cc2)cc1. The standard InChI is InChI=1S/C25H22BrN5O2S/c1-16-3-7-18(8-4-16)24-29-30-25(31(24)21-10-5-17(2)6-11-21)34-15-23(33)28-27-14-19-13-20(26)9-12-22(19)32/h3-14H,15H2,1-2H3,(H2,27,28,32,33). The van der Waals surface area contributed by atoms with E-state index in [1.165, 1.54) is 29.6 Å². The first-order chi connectivity index (χ1) is 16.4. The highest BCUT2D eigenvalue weighted by Gasteiger charge is 2.24. The van der Waals surface area contributed by atoms with Crippen molar-refractivity contribution in [2.24, 2.45) is 5.10 Å². The van der Waals surface area contributed by atoms with Gasteiger partial charge in [0.1, 0.15) is 5.69 Å². The third-order valence-corrected chi connectivity index (χ3v) is 6.42. The number of aryl methyl sites for hydroxylation is 2. The molecule has 0 saturated heterocycles. The van der Waals surface area contributed by atoms with E-state index < -0.39 is 0 Å². The van der Waals surface area contributed by atoms with E-state index in [2.05, 4.69) is 36.7 Å². The van der Waals surface area contributed by atoms with Crippen LogP contribution in [0.15, 0.2) is 81.5 Å². The Hall–Kier alpha value is -3.43. The molecule has 1 amide bonds. The molecule has 3 aromatic carbocycles. The Balaban J connectivity index is 1.51. The monoisotopic (exact) mass is 535 g/mol. The number of benzene rings is 3. The maximum Gasteiger partial charge on any atom is 0.342 e. The van der Waals surface area contributed by atoms with Gasteiger partial charge in [-0.15, -0.1) is 5.10 Å². The molecule has 0 radical (unpaired) electrons. The predicted molar refractivity (Wildman–Crippen MR) is 135 cm³/mol. The fraction of sp³-hybridized carbons (Fsp3) is 0.120. The highest BCUT2D eigenvalue weighted by Crippen LogP contribution is 2.21. The van der Waals surface area contributed by atoms with Crippen LogP contribution in [0.5, 0.6) is 5.75 Å². The van der Waals surface area contributed by atoms with Crippen LogP contribution in [0.3, 0.4) is 0 Å². The molecule has 0 aliphatic carbocycles. The molecule has 4 aromatic rings. The lowest BCUT2D eigenvalue weighted by Gasteiger charge is -2.09. The number of carbonyl (C=O) groups excluding carboxylic acids is 1. The van der Waals surface area contributed by atoms with E-state index in [0.29, 0.717) is 10.7 Å². The second-order valence-corrected chi connectivity index (χ2v) is 9.51. The highest BCUT2D eigenvalue weighted by molar-refractivity contribution is 9.10. The minimum absolute atomic E-state index is 0.101. The van der Waals surface area contributed by atoms with E-state index in [-0.39, 0.29) is 17.4 Å². The molecule has 0 saturated carbocycles. The van der Waals surface area contributed by atoms with Gasteiger partial charge >= 0.3 is 5.16 Å². The van der Waals surface area contributed by atoms with Crippen molar-refractivity contribution in [2.75, 3.05) is 5.75 Å². The zero-order valence-corrected chi connectivity index (χ0v) is 21.0. The van der Waals surface area contributed by atoms with Gasteiger partial charge in [0.15, 0.2) is 0 Å². The van der Waals surface area contributed by atoms with Gasteiger partial charge in [0.2, 0.25) is 0 Å². The van der Waals surface area contributed by atoms with Crippen LogP contribution in [0.1, 0.15) is 16.7 Å². The third kappa shape index (κ3) is 5.73. The lowest BCUT2D eigenvalue weighted by Crippen LogP contribution is -2.34. The predicted octanol–water partition coefficient (Wildman–Crippen LogP) is 4.05. The molecule has 0 atom stereocenters. The number of nitrogens with zero attached hydrogens (tertiary/aromatic N) is 3. The topological polar surface area (TPSA) is 97.1 Å². The summed E-state index contributed by atoms with van der Waals surface area (Å²) in [6, 6.07) is 21.0. The van der Waals surface area contributed by atoms with Crippen LogP contribution in [-0.4, -0.2) is 28.1 Å². The Labute approximate surface area is 210 Å². The molecule has 0 bridgehead atoms. The van der Waals surface area contributed by atoms with E-state index in [1.807, 2.05) is 66.9 Å². The molecule has 0 unspecified atom stereocenters. The Kier molecular flexibility index (Phi) is 7.44. The van der Waals surface area contributed by atoms with Crippen molar-refractivity contribution in [2.45, 2.75) is 19.0 Å². The number of nitrogens with one attached hydrogen (secondary N) is 2. The number of aromatic nitrogens is 3. The number of hydrazone groups is 1. The number of amides is 1. The van der Waals surface area contributed by atoms with Crippen LogP contribution in [0, 0.1) is 13.8 Å². The molecule has 1 heterocycles. The van der Waals surface area contributed by atoms with Gasteiger partial charge in [-0.2, -0.15) is 9.67 Å². The molecule has 0 aliphatic heterocycles. The molecule has 2 N–H and O–H groups in total. The van der Waals surface area contributed by atoms with Gasteiger partial charge in [-0.25, -0.2) is 5.43 Å². The second-order valence-electron chi connectivity index (χ2n) is 7.66. The van der Waals surface area contributed by atoms with Crippen molar-refractivity contribution in [3.63, 3.8) is 0 Å². The molecule has 0 aliphatic rings. The summed E-state index contributed by atoms with van der Waals surface area (Å²) in [5.41, 5.74) is 7.10. The minimum atomic E-state index is -0.306. The number of hydrogen-bond acceptors (Lipinski definition) is 5. The maximum atomic E-state index is 12.4. The minimum Gasteiger partial charge on any atom is -0.872 e. The average molecular weight is 536 g/mol. The van der Waals surface area contributed by atoms with Crippen LogP contribution >= 0.6 is 27.7 Å². The van der Waals surface area contributed by atoms with Gasteiger partial charge in [-0.3, -0.25) is 4.79 Å². The van der Waals surface area contributed by atoms with Gasteiger partial charge in [0.25, 0.3) is 11.7 Å². The van der Waals surface area contributed by atoms with E-state index in [9.17, 15) is 9.90 Å². The summed E-state index contributed by atoms with van der Waals surface area (Å²) in [6.45, 7) is 4.08. The van der Waals surface area contributed by atoms with Gasteiger partial charge in [0, 0.05) is 4.47 Å². The van der Waals surface area contributed by atoms with E-state index in [0.717, 1.165) is 27.1 Å². The molecule has 172 valence electrons. The Morgan fingerprint density at radius 3 is 2.50 bits per heavy atom. The Morgan fingerprint density at radius 1 is 1.12 bits per heavy atom. The molecule has 34 heavy (non-hydrogen) atoms. The van der Waals surface area contributed by atoms with E-state index in [4.69, 9.17) is 0 Å². The first kappa shape index (κ1) is 23.7. The molecule has 7 nitrogen and oxygen atoms in total. The number of carbonyl (C=O) groups is 1. The molecule has 4 rings (SSSR count). The first-order valence-electron chi connectivity index (χ1n) is 10.5. The van der Waals surface area contributed by atoms with Crippen molar-refractivity contribution >= 4 is 39.8 Å². The van der Waals surface area contributed by atoms with Crippen molar-refractivity contribution < 1.29 is 14.5 Å². The van der Waals surface area contributed by atoms with Gasteiger partial charge in [-0.1, -0.05) is 63.1 Å². The van der Waals surface area contributed by atoms with Crippen molar-refractivity contribution in [1.29, 1.82) is 0 Å². The van der Waals surface area contributed by atoms with Crippen LogP contribution in [0.2, 0.25) is 0 Å². The Morgan fingerprint density at radius 2 is 1.79 bits per heavy atom. The van der Waals surface area contributed by atoms with Gasteiger partial charge < -0.3 is 5.11 Å². The lowest BCUT2D eigenvalue weighted by molar-refractivity contribution is -0.625. The van der Waals surface area contributed by atoms with Crippen LogP contribution in [0.25, 0.3) is 17.1 Å². The zero-order chi connectivity index (χ0) is 24.1. The van der Waals surface area contributed by atoms with Crippen LogP contribution < -0.4 is 15.1 Å². The third-order valence-electron chi connectivity index (χ3n) is 4.99. The number of rotatable bonds is 7. The van der Waals surface area contributed by atoms with Crippen molar-refractivity contribution in [3.05, 3.63) is 87.9 Å². The summed E-state index contributed by atoms with van der Waals surface area (Å²) in [6.07, 6.45) is 1.34. The summed E-state index contributed by atoms with van der Waals surface area (Å²) < 4.78 is 2.76. The molecule has 0 fully saturated rings. The zero-order valence-electron chi connectivity index (χ0n) is 18.6. The number of hydrogen-bond donors (Lipinski definition) is 2. The molecule has 1 aromatic heterocycles. The van der Waals surface area contributed by atoms with E-state index in [1.54, 1.807) is 12.1 Å². The largest absolute Gasteiger partial charge is 0.872 e. The molecule has 9 heteroatoms. The van der Waals surface area contributed by atoms with E-state index >= 15 is 0 Å². The lowest BCUT2D eigenvalue weighted by atomic mass is 10.1. The van der Waals surface area contributed by atoms with Crippen molar-refractivity contribution in [1.82, 2.24) is 15.6 Å². The maximum absolute atomic E-state index is 12.4. The summed E-state index contributed by atoms with van der Waals surface area (Å²) >= 11 is 4.61. The van der Waals surface area contributed by atoms with Crippen LogP contribution in [-0.2, 0) is 4.79 Å². The normalized spacial score (nSPS) is 11.1. The van der Waals surface area contributed by atoms with Crippen molar-refractivity contribution in [3.8, 4) is 22.8 Å². The number of halogens is 1. The second kappa shape index (κ2) is 10.7. The highest BCUT2D eigenvalue weighted by atomic mass is 79.9. The summed E-state index contributed by atoms with van der Waals surface area (Å²) in [5, 5.41) is 24.0. The number of aromatic amines is 1. The molecular formula is C25H22BrN5O2S.